The number of rotatable bonds is 4. The van der Waals surface area contributed by atoms with Crippen LogP contribution in [0.4, 0.5) is 0 Å². The van der Waals surface area contributed by atoms with Crippen molar-refractivity contribution in [1.82, 2.24) is 0 Å². The van der Waals surface area contributed by atoms with Gasteiger partial charge in [0.2, 0.25) is 0 Å². The molecule has 0 saturated carbocycles. The van der Waals surface area contributed by atoms with Crippen molar-refractivity contribution in [3.8, 4) is 9.75 Å². The summed E-state index contributed by atoms with van der Waals surface area (Å²) in [5.41, 5.74) is 1.70. The molecule has 0 atom stereocenters. The summed E-state index contributed by atoms with van der Waals surface area (Å²) in [7, 11) is 0. The molecule has 0 bridgehead atoms. The van der Waals surface area contributed by atoms with Gasteiger partial charge in [-0.1, -0.05) is 20.8 Å². The van der Waals surface area contributed by atoms with Crippen molar-refractivity contribution in [3.63, 3.8) is 0 Å². The van der Waals surface area contributed by atoms with Gasteiger partial charge in [-0.3, -0.25) is 9.59 Å². The largest absolute Gasteiger partial charge is 0.294 e. The molecule has 7 aromatic rings. The molecule has 0 radical (unpaired) electrons. The van der Waals surface area contributed by atoms with Crippen LogP contribution in [0.1, 0.15) is 61.8 Å². The molecular formula is C36H30O2S7. The summed E-state index contributed by atoms with van der Waals surface area (Å²) < 4.78 is 3.58. The Labute approximate surface area is 291 Å². The van der Waals surface area contributed by atoms with E-state index in [0.717, 1.165) is 51.2 Å². The van der Waals surface area contributed by atoms with Crippen LogP contribution in [0.15, 0.2) is 47.8 Å². The predicted molar refractivity (Wildman–Crippen MR) is 207 cm³/mol. The molecule has 6 aromatic heterocycles. The second-order valence-corrected chi connectivity index (χ2v) is 18.7. The van der Waals surface area contributed by atoms with E-state index in [4.69, 9.17) is 0 Å². The van der Waals surface area contributed by atoms with E-state index in [1.54, 1.807) is 81.2 Å². The number of fused-ring (bicyclic) bond motifs is 7. The Balaban J connectivity index is 0.00000160. The molecule has 2 nitrogen and oxygen atoms in total. The van der Waals surface area contributed by atoms with Crippen LogP contribution >= 0.6 is 80.6 Å². The third kappa shape index (κ3) is 4.98. The lowest BCUT2D eigenvalue weighted by molar-refractivity contribution is -0.108. The van der Waals surface area contributed by atoms with Crippen molar-refractivity contribution < 1.29 is 9.59 Å². The zero-order valence-electron chi connectivity index (χ0n) is 25.8. The van der Waals surface area contributed by atoms with Crippen molar-refractivity contribution >= 4 is 134 Å². The van der Waals surface area contributed by atoms with Gasteiger partial charge in [0.25, 0.3) is 0 Å². The highest BCUT2D eigenvalue weighted by Crippen LogP contribution is 2.45. The molecule has 1 aliphatic carbocycles. The van der Waals surface area contributed by atoms with Crippen molar-refractivity contribution in [2.45, 2.75) is 47.0 Å². The third-order valence-electron chi connectivity index (χ3n) is 7.94. The molecule has 0 saturated heterocycles. The van der Waals surface area contributed by atoms with Crippen LogP contribution in [-0.4, -0.2) is 17.8 Å². The molecule has 1 aromatic carbocycles. The molecule has 0 spiro atoms. The topological polar surface area (TPSA) is 34.1 Å². The van der Waals surface area contributed by atoms with Gasteiger partial charge in [0, 0.05) is 81.8 Å². The van der Waals surface area contributed by atoms with Crippen LogP contribution < -0.4 is 10.4 Å². The van der Waals surface area contributed by atoms with Gasteiger partial charge in [0.05, 0.1) is 14.5 Å². The quantitative estimate of drug-likeness (QED) is 0.145. The van der Waals surface area contributed by atoms with Gasteiger partial charge in [0.1, 0.15) is 0 Å². The van der Waals surface area contributed by atoms with Gasteiger partial charge in [-0.2, -0.15) is 12.6 Å². The second-order valence-electron chi connectivity index (χ2n) is 12.1. The molecule has 0 aliphatic heterocycles. The average Bonchev–Trinajstić information content (AvgIpc) is 3.81. The van der Waals surface area contributed by atoms with Crippen LogP contribution in [0.2, 0.25) is 0 Å². The lowest BCUT2D eigenvalue weighted by Gasteiger charge is -2.15. The van der Waals surface area contributed by atoms with Crippen LogP contribution in [0.5, 0.6) is 0 Å². The van der Waals surface area contributed by atoms with Crippen LogP contribution in [-0.2, 0) is 10.2 Å². The Kier molecular flexibility index (Phi) is 7.92. The fourth-order valence-electron chi connectivity index (χ4n) is 5.99. The molecule has 0 amide bonds. The standard InChI is InChI=1S/C35H26O2S6.CH4S/c1-15-11-19-20-12-16(2)40-33(20)29-27(22-9-10-25(42-22)35(4,5)6)30(37)26(28(29)32(19)39-15)21-7-8-23(41-21)34-31-18(14-38-34)13-24(43-31)17(3)36;1-2/h7-14H,1-6H3;2H,1H3. The van der Waals surface area contributed by atoms with Gasteiger partial charge in [-0.15, -0.1) is 68.0 Å². The first-order chi connectivity index (χ1) is 21.5. The fourth-order valence-corrected chi connectivity index (χ4v) is 12.8. The van der Waals surface area contributed by atoms with Gasteiger partial charge >= 0.3 is 0 Å². The minimum atomic E-state index is 0.0168. The minimum absolute atomic E-state index is 0.0168. The van der Waals surface area contributed by atoms with Gasteiger partial charge in [0.15, 0.2) is 11.6 Å². The minimum Gasteiger partial charge on any atom is -0.294 e. The summed E-state index contributed by atoms with van der Waals surface area (Å²) in [4.78, 5) is 35.9. The number of ketones is 2. The molecule has 0 fully saturated rings. The molecule has 6 heterocycles. The summed E-state index contributed by atoms with van der Waals surface area (Å²) >= 11 is 13.9. The first-order valence-electron chi connectivity index (χ1n) is 14.4. The lowest BCUT2D eigenvalue weighted by Crippen LogP contribution is -2.25. The Bertz CT molecular complexity index is 2460. The average molecular weight is 719 g/mol. The first kappa shape index (κ1) is 31.2. The van der Waals surface area contributed by atoms with Crippen molar-refractivity contribution in [1.29, 1.82) is 0 Å². The summed E-state index contributed by atoms with van der Waals surface area (Å²) in [6.07, 6.45) is 1.69. The van der Waals surface area contributed by atoms with Crippen LogP contribution in [0.3, 0.4) is 0 Å². The van der Waals surface area contributed by atoms with E-state index in [9.17, 15) is 9.59 Å². The number of carbonyl (C=O) groups is 2. The molecule has 45 heavy (non-hydrogen) atoms. The highest BCUT2D eigenvalue weighted by atomic mass is 32.1. The maximum absolute atomic E-state index is 14.8. The summed E-state index contributed by atoms with van der Waals surface area (Å²) in [6, 6.07) is 15.2. The van der Waals surface area contributed by atoms with Crippen LogP contribution in [0.25, 0.3) is 51.2 Å². The number of carbonyl (C=O) groups excluding carboxylic acids is 2. The molecule has 0 unspecified atom stereocenters. The van der Waals surface area contributed by atoms with E-state index in [0.29, 0.717) is 0 Å². The van der Waals surface area contributed by atoms with E-state index in [2.05, 4.69) is 89.0 Å². The van der Waals surface area contributed by atoms with Gasteiger partial charge in [-0.25, -0.2) is 0 Å². The van der Waals surface area contributed by atoms with E-state index in [-0.39, 0.29) is 17.0 Å². The van der Waals surface area contributed by atoms with Crippen molar-refractivity contribution in [2.75, 3.05) is 6.26 Å². The molecule has 8 rings (SSSR count). The van der Waals surface area contributed by atoms with E-state index in [1.807, 2.05) is 6.07 Å². The highest BCUT2D eigenvalue weighted by molar-refractivity contribution is 7.79. The fraction of sp³-hybridized carbons (Fsp3) is 0.222. The summed E-state index contributed by atoms with van der Waals surface area (Å²) in [5.74, 6) is 0.229. The Morgan fingerprint density at radius 2 is 1.27 bits per heavy atom. The zero-order chi connectivity index (χ0) is 31.9. The Hall–Kier alpha value is -2.37. The van der Waals surface area contributed by atoms with E-state index < -0.39 is 0 Å². The monoisotopic (exact) mass is 718 g/mol. The molecule has 1 aliphatic rings. The number of hydrogen-bond acceptors (Lipinski definition) is 9. The number of thiophene rings is 6. The second kappa shape index (κ2) is 11.4. The number of thiol groups is 1. The maximum Gasteiger partial charge on any atom is 0.197 e. The van der Waals surface area contributed by atoms with Gasteiger partial charge < -0.3 is 0 Å². The molecule has 0 N–H and O–H groups in total. The number of hydrogen-bond donors (Lipinski definition) is 1. The smallest absolute Gasteiger partial charge is 0.197 e. The van der Waals surface area contributed by atoms with Crippen molar-refractivity contribution in [2.24, 2.45) is 0 Å². The number of Topliss-reactive ketones (excluding diaryl/α,β-unsaturated/α-hetero) is 2. The Morgan fingerprint density at radius 3 is 1.82 bits per heavy atom. The molecule has 9 heteroatoms. The number of benzene rings is 1. The SMILES string of the molecule is CC(=O)c1cc2csc(-c3ccc(C4=c5c(c6sc(C)cc6c6cc(C)sc56)=C(c5ccc(C(C)(C)C)s5)C4=O)s3)c2s1.CS. The van der Waals surface area contributed by atoms with Gasteiger partial charge in [-0.05, 0) is 74.9 Å². The first-order valence-corrected chi connectivity index (χ1v) is 20.3. The molecule has 228 valence electrons. The third-order valence-corrected chi connectivity index (χ3v) is 15.3. The van der Waals surface area contributed by atoms with E-state index in [1.165, 1.54) is 39.7 Å². The normalized spacial score (nSPS) is 13.4. The summed E-state index contributed by atoms with van der Waals surface area (Å²) in [6.45, 7) is 12.7. The van der Waals surface area contributed by atoms with Crippen LogP contribution in [0, 0.1) is 13.8 Å². The predicted octanol–water partition coefficient (Wildman–Crippen LogP) is 10.8. The zero-order valence-corrected chi connectivity index (χ0v) is 31.6. The van der Waals surface area contributed by atoms with E-state index >= 15 is 0 Å². The summed E-state index contributed by atoms with van der Waals surface area (Å²) in [5, 5.41) is 7.98. The molecular weight excluding hydrogens is 689 g/mol. The number of aryl methyl sites for hydroxylation is 2. The highest BCUT2D eigenvalue weighted by Gasteiger charge is 2.32. The Morgan fingerprint density at radius 1 is 0.711 bits per heavy atom. The maximum atomic E-state index is 14.8. The van der Waals surface area contributed by atoms with Crippen molar-refractivity contribution in [3.05, 3.63) is 87.5 Å². The lowest BCUT2D eigenvalue weighted by atomic mass is 9.95.